The fraction of sp³-hybridized carbons (Fsp3) is 0. The molecule has 3 aromatic rings. The highest BCUT2D eigenvalue weighted by molar-refractivity contribution is 9.10. The van der Waals surface area contributed by atoms with Gasteiger partial charge in [0.1, 0.15) is 5.69 Å². The zero-order chi connectivity index (χ0) is 12.5. The lowest BCUT2D eigenvalue weighted by molar-refractivity contribution is 0.100. The molecular weight excluding hydrogens is 294 g/mol. The maximum absolute atomic E-state index is 12.4. The van der Waals surface area contributed by atoms with E-state index in [1.807, 2.05) is 30.3 Å². The second-order valence-corrected chi connectivity index (χ2v) is 4.66. The Bertz CT molecular complexity index is 728. The first-order chi connectivity index (χ1) is 8.77. The molecule has 2 heterocycles. The molecule has 0 aliphatic carbocycles. The minimum atomic E-state index is -0.219. The second-order valence-electron chi connectivity index (χ2n) is 3.81. The maximum atomic E-state index is 12.4. The summed E-state index contributed by atoms with van der Waals surface area (Å²) in [6.45, 7) is 0. The van der Waals surface area contributed by atoms with Gasteiger partial charge in [0.25, 0.3) is 0 Å². The molecule has 0 radical (unpaired) electrons. The summed E-state index contributed by atoms with van der Waals surface area (Å²) in [4.78, 5) is 16.5. The zero-order valence-corrected chi connectivity index (χ0v) is 10.8. The van der Waals surface area contributed by atoms with Crippen LogP contribution in [0.25, 0.3) is 10.8 Å². The molecule has 0 spiro atoms. The zero-order valence-electron chi connectivity index (χ0n) is 9.26. The van der Waals surface area contributed by atoms with Gasteiger partial charge in [0.2, 0.25) is 5.78 Å². The predicted octanol–water partition coefficient (Wildman–Crippen LogP) is 3.82. The van der Waals surface area contributed by atoms with E-state index in [1.165, 1.54) is 6.26 Å². The number of carbonyl (C=O) groups is 1. The molecule has 4 heteroatoms. The number of nitrogens with zero attached hydrogens (tertiary/aromatic N) is 1. The van der Waals surface area contributed by atoms with Crippen LogP contribution in [0.2, 0.25) is 0 Å². The Labute approximate surface area is 112 Å². The molecule has 3 nitrogen and oxygen atoms in total. The molecule has 0 aliphatic heterocycles. The number of benzene rings is 1. The topological polar surface area (TPSA) is 43.1 Å². The molecule has 0 atom stereocenters. The quantitative estimate of drug-likeness (QED) is 0.676. The number of pyridine rings is 1. The van der Waals surface area contributed by atoms with E-state index in [-0.39, 0.29) is 11.5 Å². The Hall–Kier alpha value is -1.94. The third-order valence-electron chi connectivity index (χ3n) is 2.71. The number of furan rings is 1. The summed E-state index contributed by atoms with van der Waals surface area (Å²) in [6.07, 6.45) is 3.11. The summed E-state index contributed by atoms with van der Waals surface area (Å²) in [7, 11) is 0. The fourth-order valence-electron chi connectivity index (χ4n) is 1.86. The first-order valence-electron chi connectivity index (χ1n) is 5.39. The van der Waals surface area contributed by atoms with Gasteiger partial charge in [-0.25, -0.2) is 0 Å². The van der Waals surface area contributed by atoms with Crippen molar-refractivity contribution in [2.75, 3.05) is 0 Å². The Kier molecular flexibility index (Phi) is 2.72. The highest BCUT2D eigenvalue weighted by Crippen LogP contribution is 2.24. The van der Waals surface area contributed by atoms with Crippen molar-refractivity contribution in [1.29, 1.82) is 0 Å². The Morgan fingerprint density at radius 1 is 1.17 bits per heavy atom. The molecule has 0 saturated carbocycles. The van der Waals surface area contributed by atoms with Crippen LogP contribution < -0.4 is 0 Å². The van der Waals surface area contributed by atoms with Crippen LogP contribution >= 0.6 is 15.9 Å². The predicted molar refractivity (Wildman–Crippen MR) is 71.6 cm³/mol. The summed E-state index contributed by atoms with van der Waals surface area (Å²) >= 11 is 3.29. The van der Waals surface area contributed by atoms with Gasteiger partial charge in [0.05, 0.1) is 10.7 Å². The molecule has 0 N–H and O–H groups in total. The third kappa shape index (κ3) is 1.75. The standard InChI is InChI=1S/C14H8BrNO2/c15-11-6-8-18-14(11)13(17)12-10-4-2-1-3-9(10)5-7-16-12/h1-8H. The number of fused-ring (bicyclic) bond motifs is 1. The third-order valence-corrected chi connectivity index (χ3v) is 3.34. The first-order valence-corrected chi connectivity index (χ1v) is 6.18. The van der Waals surface area contributed by atoms with Crippen molar-refractivity contribution in [3.8, 4) is 0 Å². The van der Waals surface area contributed by atoms with Gasteiger partial charge in [-0.1, -0.05) is 24.3 Å². The second kappa shape index (κ2) is 4.38. The van der Waals surface area contributed by atoms with Crippen LogP contribution in [-0.4, -0.2) is 10.8 Å². The van der Waals surface area contributed by atoms with Gasteiger partial charge in [-0.3, -0.25) is 9.78 Å². The molecule has 0 aliphatic rings. The number of ketones is 1. The van der Waals surface area contributed by atoms with Crippen molar-refractivity contribution in [2.24, 2.45) is 0 Å². The van der Waals surface area contributed by atoms with E-state index in [0.29, 0.717) is 10.2 Å². The maximum Gasteiger partial charge on any atom is 0.248 e. The fourth-order valence-corrected chi connectivity index (χ4v) is 2.25. The van der Waals surface area contributed by atoms with Crippen molar-refractivity contribution in [3.63, 3.8) is 0 Å². The van der Waals surface area contributed by atoms with E-state index in [0.717, 1.165) is 10.8 Å². The van der Waals surface area contributed by atoms with Gasteiger partial charge in [0.15, 0.2) is 5.76 Å². The normalized spacial score (nSPS) is 10.7. The molecule has 0 fully saturated rings. The number of hydrogen-bond acceptors (Lipinski definition) is 3. The molecule has 88 valence electrons. The van der Waals surface area contributed by atoms with Gasteiger partial charge in [0, 0.05) is 11.6 Å². The molecule has 0 unspecified atom stereocenters. The largest absolute Gasteiger partial charge is 0.460 e. The Morgan fingerprint density at radius 2 is 2.00 bits per heavy atom. The minimum absolute atomic E-state index is 0.219. The van der Waals surface area contributed by atoms with Crippen molar-refractivity contribution in [1.82, 2.24) is 4.98 Å². The lowest BCUT2D eigenvalue weighted by atomic mass is 10.1. The van der Waals surface area contributed by atoms with E-state index in [9.17, 15) is 4.79 Å². The molecular formula is C14H8BrNO2. The van der Waals surface area contributed by atoms with Crippen LogP contribution in [0, 0.1) is 0 Å². The molecule has 3 rings (SSSR count). The summed E-state index contributed by atoms with van der Waals surface area (Å²) in [5.74, 6) is 0.0579. The lowest BCUT2D eigenvalue weighted by Gasteiger charge is -2.03. The average molecular weight is 302 g/mol. The average Bonchev–Trinajstić information content (AvgIpc) is 2.83. The highest BCUT2D eigenvalue weighted by Gasteiger charge is 2.19. The number of aromatic nitrogens is 1. The van der Waals surface area contributed by atoms with Crippen molar-refractivity contribution >= 4 is 32.5 Å². The van der Waals surface area contributed by atoms with Crippen LogP contribution in [0.3, 0.4) is 0 Å². The number of hydrogen-bond donors (Lipinski definition) is 0. The summed E-state index contributed by atoms with van der Waals surface area (Å²) in [5.41, 5.74) is 0.406. The number of carbonyl (C=O) groups excluding carboxylic acids is 1. The van der Waals surface area contributed by atoms with Crippen molar-refractivity contribution in [3.05, 3.63) is 64.8 Å². The van der Waals surface area contributed by atoms with Gasteiger partial charge in [-0.05, 0) is 33.4 Å². The van der Waals surface area contributed by atoms with Crippen LogP contribution in [0.4, 0.5) is 0 Å². The Balaban J connectivity index is 2.21. The number of rotatable bonds is 2. The van der Waals surface area contributed by atoms with Crippen LogP contribution in [0.15, 0.2) is 57.7 Å². The van der Waals surface area contributed by atoms with E-state index in [1.54, 1.807) is 12.3 Å². The van der Waals surface area contributed by atoms with Crippen LogP contribution in [0.1, 0.15) is 16.2 Å². The van der Waals surface area contributed by atoms with Gasteiger partial charge in [-0.15, -0.1) is 0 Å². The van der Waals surface area contributed by atoms with E-state index < -0.39 is 0 Å². The summed E-state index contributed by atoms with van der Waals surface area (Å²) in [6, 6.07) is 11.2. The first kappa shape index (κ1) is 11.2. The van der Waals surface area contributed by atoms with Gasteiger partial charge >= 0.3 is 0 Å². The van der Waals surface area contributed by atoms with Crippen LogP contribution in [0.5, 0.6) is 0 Å². The van der Waals surface area contributed by atoms with Crippen molar-refractivity contribution < 1.29 is 9.21 Å². The molecule has 0 amide bonds. The molecule has 2 aromatic heterocycles. The number of halogens is 1. The highest BCUT2D eigenvalue weighted by atomic mass is 79.9. The van der Waals surface area contributed by atoms with E-state index in [4.69, 9.17) is 4.42 Å². The molecule has 0 saturated heterocycles. The van der Waals surface area contributed by atoms with Gasteiger partial charge in [-0.2, -0.15) is 0 Å². The van der Waals surface area contributed by atoms with E-state index >= 15 is 0 Å². The summed E-state index contributed by atoms with van der Waals surface area (Å²) in [5, 5.41) is 1.81. The molecule has 18 heavy (non-hydrogen) atoms. The lowest BCUT2D eigenvalue weighted by Crippen LogP contribution is -2.04. The van der Waals surface area contributed by atoms with E-state index in [2.05, 4.69) is 20.9 Å². The summed E-state index contributed by atoms with van der Waals surface area (Å²) < 4.78 is 5.83. The smallest absolute Gasteiger partial charge is 0.248 e. The monoisotopic (exact) mass is 301 g/mol. The van der Waals surface area contributed by atoms with Crippen LogP contribution in [-0.2, 0) is 0 Å². The van der Waals surface area contributed by atoms with Gasteiger partial charge < -0.3 is 4.42 Å². The van der Waals surface area contributed by atoms with Crippen molar-refractivity contribution in [2.45, 2.75) is 0 Å². The Morgan fingerprint density at radius 3 is 2.78 bits per heavy atom. The molecule has 0 bridgehead atoms. The minimum Gasteiger partial charge on any atom is -0.460 e. The SMILES string of the molecule is O=C(c1occc1Br)c1nccc2ccccc12. The molecule has 1 aromatic carbocycles.